The van der Waals surface area contributed by atoms with Crippen molar-refractivity contribution in [1.82, 2.24) is 34.8 Å². The summed E-state index contributed by atoms with van der Waals surface area (Å²) in [5.41, 5.74) is 1.04. The van der Waals surface area contributed by atoms with Crippen molar-refractivity contribution in [3.63, 3.8) is 0 Å². The number of nitrogens with zero attached hydrogens (tertiary/aromatic N) is 7. The third kappa shape index (κ3) is 3.38. The maximum absolute atomic E-state index is 12.7. The number of nitrogens with one attached hydrogen (secondary N) is 2. The summed E-state index contributed by atoms with van der Waals surface area (Å²) in [5.74, 6) is 1.33. The van der Waals surface area contributed by atoms with Gasteiger partial charge >= 0.3 is 0 Å². The number of carbonyl (C=O) groups excluding carboxylic acids is 1. The molecule has 1 fully saturated rings. The predicted octanol–water partition coefficient (Wildman–Crippen LogP) is 0.570. The van der Waals surface area contributed by atoms with Gasteiger partial charge in [-0.1, -0.05) is 0 Å². The van der Waals surface area contributed by atoms with E-state index < -0.39 is 5.56 Å². The first-order valence-corrected chi connectivity index (χ1v) is 10.3. The first-order valence-electron chi connectivity index (χ1n) is 10.3. The molecule has 0 bridgehead atoms. The van der Waals surface area contributed by atoms with Crippen molar-refractivity contribution in [2.75, 3.05) is 42.9 Å². The van der Waals surface area contributed by atoms with E-state index in [4.69, 9.17) is 4.42 Å². The summed E-state index contributed by atoms with van der Waals surface area (Å²) in [4.78, 5) is 37.9. The Balaban J connectivity index is 1.25. The molecule has 4 aromatic rings. The van der Waals surface area contributed by atoms with Gasteiger partial charge in [-0.15, -0.1) is 0 Å². The van der Waals surface area contributed by atoms with Crippen molar-refractivity contribution < 1.29 is 9.21 Å². The number of aromatic amines is 1. The molecule has 32 heavy (non-hydrogen) atoms. The van der Waals surface area contributed by atoms with Crippen LogP contribution in [-0.2, 0) is 11.8 Å². The lowest BCUT2D eigenvalue weighted by Crippen LogP contribution is -2.49. The molecule has 166 valence electrons. The Morgan fingerprint density at radius 2 is 1.97 bits per heavy atom. The number of H-pyrrole nitrogens is 1. The Morgan fingerprint density at radius 1 is 1.19 bits per heavy atom. The van der Waals surface area contributed by atoms with E-state index in [0.29, 0.717) is 35.3 Å². The van der Waals surface area contributed by atoms with Gasteiger partial charge in [-0.05, 0) is 13.8 Å². The number of aromatic nitrogens is 6. The average molecular weight is 437 g/mol. The van der Waals surface area contributed by atoms with Gasteiger partial charge in [0, 0.05) is 33.2 Å². The zero-order chi connectivity index (χ0) is 22.4. The summed E-state index contributed by atoms with van der Waals surface area (Å²) >= 11 is 0. The van der Waals surface area contributed by atoms with Crippen molar-refractivity contribution in [3.8, 4) is 0 Å². The van der Waals surface area contributed by atoms with Crippen molar-refractivity contribution in [1.29, 1.82) is 0 Å². The fraction of sp³-hybridized carbons (Fsp3) is 0.400. The number of hydrogen-bond donors (Lipinski definition) is 2. The fourth-order valence-corrected chi connectivity index (χ4v) is 4.22. The molecular formula is C20H23N9O3. The lowest BCUT2D eigenvalue weighted by atomic mass is 10.2. The van der Waals surface area contributed by atoms with E-state index in [1.54, 1.807) is 31.1 Å². The highest BCUT2D eigenvalue weighted by Crippen LogP contribution is 2.28. The van der Waals surface area contributed by atoms with Gasteiger partial charge in [0.15, 0.2) is 5.65 Å². The number of aryl methyl sites for hydroxylation is 3. The number of hydrogen-bond acceptors (Lipinski definition) is 9. The molecular weight excluding hydrogens is 414 g/mol. The van der Waals surface area contributed by atoms with Gasteiger partial charge in [0.2, 0.25) is 11.8 Å². The highest BCUT2D eigenvalue weighted by Gasteiger charge is 2.24. The minimum Gasteiger partial charge on any atom is -0.444 e. The van der Waals surface area contributed by atoms with E-state index in [9.17, 15) is 9.59 Å². The maximum Gasteiger partial charge on any atom is 0.277 e. The topological polar surface area (TPSA) is 138 Å². The highest BCUT2D eigenvalue weighted by atomic mass is 16.4. The van der Waals surface area contributed by atoms with Crippen LogP contribution in [0.15, 0.2) is 21.7 Å². The zero-order valence-corrected chi connectivity index (χ0v) is 18.0. The molecule has 0 unspecified atom stereocenters. The third-order valence-electron chi connectivity index (χ3n) is 5.80. The summed E-state index contributed by atoms with van der Waals surface area (Å²) in [6.07, 6.45) is 3.33. The molecule has 1 aliphatic heterocycles. The minimum atomic E-state index is -0.391. The SMILES string of the molecule is Cc1n[nH]c(=O)c2c(NC(=O)CN3CCN(c4ncnc5c4cnn5C)CC3)oc(C)c12. The van der Waals surface area contributed by atoms with E-state index in [1.165, 1.54) is 0 Å². The normalized spacial score (nSPS) is 15.0. The summed E-state index contributed by atoms with van der Waals surface area (Å²) < 4.78 is 7.39. The Kier molecular flexibility index (Phi) is 4.85. The first kappa shape index (κ1) is 20.1. The molecule has 2 N–H and O–H groups in total. The quantitative estimate of drug-likeness (QED) is 0.469. The number of fused-ring (bicyclic) bond motifs is 2. The smallest absolute Gasteiger partial charge is 0.277 e. The molecule has 12 heteroatoms. The van der Waals surface area contributed by atoms with E-state index in [-0.39, 0.29) is 18.3 Å². The first-order chi connectivity index (χ1) is 15.4. The van der Waals surface area contributed by atoms with Crippen LogP contribution in [0, 0.1) is 13.8 Å². The van der Waals surface area contributed by atoms with Gasteiger partial charge in [0.1, 0.15) is 23.3 Å². The van der Waals surface area contributed by atoms with Gasteiger partial charge in [-0.25, -0.2) is 15.1 Å². The van der Waals surface area contributed by atoms with Crippen LogP contribution in [0.2, 0.25) is 0 Å². The number of rotatable bonds is 4. The fourth-order valence-electron chi connectivity index (χ4n) is 4.22. The molecule has 0 aromatic carbocycles. The van der Waals surface area contributed by atoms with Crippen LogP contribution >= 0.6 is 0 Å². The molecule has 0 saturated carbocycles. The molecule has 0 aliphatic carbocycles. The molecule has 0 spiro atoms. The number of anilines is 2. The molecule has 1 saturated heterocycles. The van der Waals surface area contributed by atoms with Gasteiger partial charge < -0.3 is 9.32 Å². The van der Waals surface area contributed by atoms with Gasteiger partial charge in [0.05, 0.1) is 29.2 Å². The van der Waals surface area contributed by atoms with Gasteiger partial charge in [-0.2, -0.15) is 10.2 Å². The van der Waals surface area contributed by atoms with Crippen LogP contribution in [0.5, 0.6) is 0 Å². The number of carbonyl (C=O) groups is 1. The molecule has 5 rings (SSSR count). The van der Waals surface area contributed by atoms with Crippen molar-refractivity contribution in [2.45, 2.75) is 13.8 Å². The summed E-state index contributed by atoms with van der Waals surface area (Å²) in [7, 11) is 1.85. The predicted molar refractivity (Wildman–Crippen MR) is 118 cm³/mol. The Hall–Kier alpha value is -3.80. The van der Waals surface area contributed by atoms with Crippen LogP contribution in [0.3, 0.4) is 0 Å². The minimum absolute atomic E-state index is 0.160. The second kappa shape index (κ2) is 7.71. The molecule has 0 radical (unpaired) electrons. The standard InChI is InChI=1S/C20H23N9O3/c1-11-15-12(2)32-20(16(15)19(31)26-25-11)24-14(30)9-28-4-6-29(7-5-28)18-13-8-23-27(3)17(13)21-10-22-18/h8,10H,4-7,9H2,1-3H3,(H,24,30)(H,26,31). The maximum atomic E-state index is 12.7. The second-order valence-electron chi connectivity index (χ2n) is 7.89. The average Bonchev–Trinajstić information content (AvgIpc) is 3.32. The summed E-state index contributed by atoms with van der Waals surface area (Å²) in [5, 5.41) is 15.3. The molecule has 12 nitrogen and oxygen atoms in total. The van der Waals surface area contributed by atoms with Crippen LogP contribution < -0.4 is 15.8 Å². The number of furan rings is 1. The Labute approximate surface area is 182 Å². The van der Waals surface area contributed by atoms with Crippen molar-refractivity contribution >= 4 is 39.4 Å². The highest BCUT2D eigenvalue weighted by molar-refractivity contribution is 6.01. The lowest BCUT2D eigenvalue weighted by Gasteiger charge is -2.35. The number of piperazine rings is 1. The van der Waals surface area contributed by atoms with Gasteiger partial charge in [0.25, 0.3) is 5.56 Å². The second-order valence-corrected chi connectivity index (χ2v) is 7.89. The van der Waals surface area contributed by atoms with E-state index in [0.717, 1.165) is 29.9 Å². The molecule has 5 heterocycles. The van der Waals surface area contributed by atoms with Crippen LogP contribution in [0.25, 0.3) is 21.8 Å². The molecule has 1 amide bonds. The van der Waals surface area contributed by atoms with Gasteiger partial charge in [-0.3, -0.25) is 24.5 Å². The lowest BCUT2D eigenvalue weighted by molar-refractivity contribution is -0.117. The third-order valence-corrected chi connectivity index (χ3v) is 5.80. The number of amides is 1. The monoisotopic (exact) mass is 437 g/mol. The largest absolute Gasteiger partial charge is 0.444 e. The summed E-state index contributed by atoms with van der Waals surface area (Å²) in [6, 6.07) is 0. The van der Waals surface area contributed by atoms with Crippen LogP contribution in [0.4, 0.5) is 11.7 Å². The van der Waals surface area contributed by atoms with Crippen LogP contribution in [0.1, 0.15) is 11.5 Å². The Morgan fingerprint density at radius 3 is 2.75 bits per heavy atom. The summed E-state index contributed by atoms with van der Waals surface area (Å²) in [6.45, 7) is 6.56. The molecule has 1 aliphatic rings. The van der Waals surface area contributed by atoms with Crippen molar-refractivity contribution in [2.24, 2.45) is 7.05 Å². The Bertz CT molecular complexity index is 1380. The van der Waals surface area contributed by atoms with E-state index in [2.05, 4.69) is 40.4 Å². The van der Waals surface area contributed by atoms with Crippen LogP contribution in [-0.4, -0.2) is 73.5 Å². The molecule has 0 atom stereocenters. The zero-order valence-electron chi connectivity index (χ0n) is 18.0. The van der Waals surface area contributed by atoms with E-state index >= 15 is 0 Å². The van der Waals surface area contributed by atoms with Crippen molar-refractivity contribution in [3.05, 3.63) is 34.3 Å². The van der Waals surface area contributed by atoms with E-state index in [1.807, 2.05) is 7.05 Å². The molecule has 4 aromatic heterocycles.